The Kier molecular flexibility index (Phi) is 3.71. The second-order valence-corrected chi connectivity index (χ2v) is 2.86. The van der Waals surface area contributed by atoms with Gasteiger partial charge in [0.25, 0.3) is 0 Å². The van der Waals surface area contributed by atoms with Crippen LogP contribution in [-0.2, 0) is 0 Å². The Balaban J connectivity index is 2.50. The number of ether oxygens (including phenoxy) is 1. The Labute approximate surface area is 77.0 Å². The molecule has 0 saturated carbocycles. The van der Waals surface area contributed by atoms with Crippen molar-refractivity contribution in [2.75, 3.05) is 13.2 Å². The molecule has 0 fully saturated rings. The van der Waals surface area contributed by atoms with Crippen LogP contribution in [0.15, 0.2) is 24.3 Å². The lowest BCUT2D eigenvalue weighted by molar-refractivity contribution is 0.122. The number of hydrogen-bond acceptors (Lipinski definition) is 2. The second kappa shape index (κ2) is 4.82. The summed E-state index contributed by atoms with van der Waals surface area (Å²) in [5, 5.41) is 8.43. The van der Waals surface area contributed by atoms with Crippen molar-refractivity contribution in [3.63, 3.8) is 0 Å². The second-order valence-electron chi connectivity index (χ2n) is 2.86. The van der Waals surface area contributed by atoms with Crippen LogP contribution >= 0.6 is 0 Å². The van der Waals surface area contributed by atoms with Crippen molar-refractivity contribution in [1.82, 2.24) is 0 Å². The van der Waals surface area contributed by atoms with E-state index in [1.807, 2.05) is 25.1 Å². The Morgan fingerprint density at radius 3 is 2.77 bits per heavy atom. The third kappa shape index (κ3) is 3.03. The van der Waals surface area contributed by atoms with Gasteiger partial charge >= 0.3 is 0 Å². The van der Waals surface area contributed by atoms with Gasteiger partial charge in [0, 0.05) is 0 Å². The van der Waals surface area contributed by atoms with Crippen LogP contribution in [-0.4, -0.2) is 24.5 Å². The molecule has 72 valence electrons. The summed E-state index contributed by atoms with van der Waals surface area (Å²) in [6.45, 7) is 1.30. The zero-order valence-electron chi connectivity index (χ0n) is 7.53. The number of aryl methyl sites for hydroxylation is 1. The average Bonchev–Trinajstić information content (AvgIpc) is 2.16. The van der Waals surface area contributed by atoms with Crippen LogP contribution in [0.25, 0.3) is 0 Å². The highest BCUT2D eigenvalue weighted by molar-refractivity contribution is 5.31. The minimum absolute atomic E-state index is 0.0959. The molecule has 1 atom stereocenters. The fourth-order valence-corrected chi connectivity index (χ4v) is 0.951. The highest BCUT2D eigenvalue weighted by atomic mass is 19.1. The Morgan fingerprint density at radius 2 is 2.15 bits per heavy atom. The summed E-state index contributed by atoms with van der Waals surface area (Å²) < 4.78 is 17.7. The third-order valence-corrected chi connectivity index (χ3v) is 1.71. The van der Waals surface area contributed by atoms with Crippen LogP contribution in [0.2, 0.25) is 0 Å². The Hall–Kier alpha value is -1.09. The normalized spacial score (nSPS) is 12.5. The number of halogens is 1. The summed E-state index contributed by atoms with van der Waals surface area (Å²) in [6, 6.07) is 7.39. The van der Waals surface area contributed by atoms with E-state index in [1.54, 1.807) is 6.07 Å². The Morgan fingerprint density at radius 1 is 1.46 bits per heavy atom. The number of alkyl halides is 1. The molecule has 0 radical (unpaired) electrons. The summed E-state index contributed by atoms with van der Waals surface area (Å²) in [5.74, 6) is 0.665. The van der Waals surface area contributed by atoms with Gasteiger partial charge in [-0.1, -0.05) is 18.2 Å². The first kappa shape index (κ1) is 9.99. The first-order chi connectivity index (χ1) is 6.24. The molecule has 13 heavy (non-hydrogen) atoms. The molecule has 0 aliphatic rings. The molecular weight excluding hydrogens is 171 g/mol. The summed E-state index contributed by atoms with van der Waals surface area (Å²) in [4.78, 5) is 0. The molecule has 0 saturated heterocycles. The van der Waals surface area contributed by atoms with E-state index in [-0.39, 0.29) is 6.61 Å². The first-order valence-electron chi connectivity index (χ1n) is 4.17. The number of rotatable bonds is 4. The third-order valence-electron chi connectivity index (χ3n) is 1.71. The SMILES string of the molecule is Cc1ccccc1OCC(F)CO. The predicted molar refractivity (Wildman–Crippen MR) is 48.7 cm³/mol. The smallest absolute Gasteiger partial charge is 0.157 e. The predicted octanol–water partition coefficient (Wildman–Crippen LogP) is 1.70. The summed E-state index contributed by atoms with van der Waals surface area (Å²) >= 11 is 0. The van der Waals surface area contributed by atoms with Crippen LogP contribution in [0.5, 0.6) is 5.75 Å². The van der Waals surface area contributed by atoms with E-state index in [1.165, 1.54) is 0 Å². The topological polar surface area (TPSA) is 29.5 Å². The molecule has 0 heterocycles. The van der Waals surface area contributed by atoms with Gasteiger partial charge in [-0.25, -0.2) is 4.39 Å². The van der Waals surface area contributed by atoms with E-state index < -0.39 is 12.8 Å². The van der Waals surface area contributed by atoms with Crippen LogP contribution < -0.4 is 4.74 Å². The molecule has 1 unspecified atom stereocenters. The zero-order valence-corrected chi connectivity index (χ0v) is 7.53. The molecule has 0 amide bonds. The van der Waals surface area contributed by atoms with Gasteiger partial charge in [0.1, 0.15) is 12.4 Å². The zero-order chi connectivity index (χ0) is 9.68. The minimum Gasteiger partial charge on any atom is -0.490 e. The van der Waals surface area contributed by atoms with E-state index in [4.69, 9.17) is 9.84 Å². The van der Waals surface area contributed by atoms with Gasteiger partial charge in [0.2, 0.25) is 0 Å². The quantitative estimate of drug-likeness (QED) is 0.771. The molecule has 0 aromatic heterocycles. The van der Waals surface area contributed by atoms with Crippen LogP contribution in [0.3, 0.4) is 0 Å². The highest BCUT2D eigenvalue weighted by Gasteiger charge is 2.05. The molecule has 0 bridgehead atoms. The number of para-hydroxylation sites is 1. The van der Waals surface area contributed by atoms with E-state index in [0.29, 0.717) is 5.75 Å². The van der Waals surface area contributed by atoms with Gasteiger partial charge in [-0.15, -0.1) is 0 Å². The maximum atomic E-state index is 12.6. The van der Waals surface area contributed by atoms with Crippen molar-refractivity contribution < 1.29 is 14.2 Å². The van der Waals surface area contributed by atoms with Crippen molar-refractivity contribution in [3.8, 4) is 5.75 Å². The molecule has 2 nitrogen and oxygen atoms in total. The summed E-state index contributed by atoms with van der Waals surface area (Å²) in [5.41, 5.74) is 0.965. The van der Waals surface area contributed by atoms with Crippen molar-refractivity contribution in [2.24, 2.45) is 0 Å². The Bertz CT molecular complexity index is 263. The van der Waals surface area contributed by atoms with E-state index in [2.05, 4.69) is 0 Å². The fraction of sp³-hybridized carbons (Fsp3) is 0.400. The molecule has 0 aliphatic heterocycles. The van der Waals surface area contributed by atoms with Crippen LogP contribution in [0.1, 0.15) is 5.56 Å². The molecule has 1 aromatic rings. The van der Waals surface area contributed by atoms with Gasteiger partial charge in [-0.2, -0.15) is 0 Å². The van der Waals surface area contributed by atoms with E-state index in [9.17, 15) is 4.39 Å². The maximum Gasteiger partial charge on any atom is 0.157 e. The molecule has 0 spiro atoms. The van der Waals surface area contributed by atoms with Crippen LogP contribution in [0.4, 0.5) is 4.39 Å². The number of aliphatic hydroxyl groups is 1. The van der Waals surface area contributed by atoms with Gasteiger partial charge in [-0.05, 0) is 18.6 Å². The fourth-order valence-electron chi connectivity index (χ4n) is 0.951. The number of aliphatic hydroxyl groups excluding tert-OH is 1. The van der Waals surface area contributed by atoms with Gasteiger partial charge in [0.05, 0.1) is 6.61 Å². The molecule has 0 aliphatic carbocycles. The largest absolute Gasteiger partial charge is 0.490 e. The van der Waals surface area contributed by atoms with Crippen molar-refractivity contribution in [3.05, 3.63) is 29.8 Å². The van der Waals surface area contributed by atoms with E-state index in [0.717, 1.165) is 5.56 Å². The van der Waals surface area contributed by atoms with Gasteiger partial charge in [0.15, 0.2) is 6.17 Å². The number of benzene rings is 1. The lowest BCUT2D eigenvalue weighted by atomic mass is 10.2. The molecule has 3 heteroatoms. The lowest BCUT2D eigenvalue weighted by Gasteiger charge is -2.09. The summed E-state index contributed by atoms with van der Waals surface area (Å²) in [6.07, 6.45) is -1.31. The molecule has 1 rings (SSSR count). The average molecular weight is 184 g/mol. The monoisotopic (exact) mass is 184 g/mol. The minimum atomic E-state index is -1.31. The number of hydrogen-bond donors (Lipinski definition) is 1. The van der Waals surface area contributed by atoms with E-state index >= 15 is 0 Å². The molecule has 1 N–H and O–H groups in total. The molecular formula is C10H13FO2. The molecule has 1 aromatic carbocycles. The van der Waals surface area contributed by atoms with Crippen molar-refractivity contribution in [2.45, 2.75) is 13.1 Å². The van der Waals surface area contributed by atoms with Gasteiger partial charge in [-0.3, -0.25) is 0 Å². The first-order valence-corrected chi connectivity index (χ1v) is 4.17. The van der Waals surface area contributed by atoms with Crippen LogP contribution in [0, 0.1) is 6.92 Å². The standard InChI is InChI=1S/C10H13FO2/c1-8-4-2-3-5-10(8)13-7-9(11)6-12/h2-5,9,12H,6-7H2,1H3. The van der Waals surface area contributed by atoms with Crippen molar-refractivity contribution >= 4 is 0 Å². The summed E-state index contributed by atoms with van der Waals surface area (Å²) in [7, 11) is 0. The van der Waals surface area contributed by atoms with Gasteiger partial charge < -0.3 is 9.84 Å². The lowest BCUT2D eigenvalue weighted by Crippen LogP contribution is -2.16. The van der Waals surface area contributed by atoms with Crippen molar-refractivity contribution in [1.29, 1.82) is 0 Å². The maximum absolute atomic E-state index is 12.6. The highest BCUT2D eigenvalue weighted by Crippen LogP contribution is 2.16.